The Morgan fingerprint density at radius 2 is 2.36 bits per heavy atom. The highest BCUT2D eigenvalue weighted by Gasteiger charge is 1.98. The van der Waals surface area contributed by atoms with Crippen LogP contribution in [0.4, 0.5) is 0 Å². The molecule has 0 unspecified atom stereocenters. The van der Waals surface area contributed by atoms with Crippen LogP contribution in [0.3, 0.4) is 0 Å². The summed E-state index contributed by atoms with van der Waals surface area (Å²) in [6, 6.07) is 6.18. The minimum absolute atomic E-state index is 0.134. The van der Waals surface area contributed by atoms with Crippen LogP contribution < -0.4 is 0 Å². The summed E-state index contributed by atoms with van der Waals surface area (Å²) in [7, 11) is 0. The first-order valence-electron chi connectivity index (χ1n) is 6.96. The van der Waals surface area contributed by atoms with E-state index in [-0.39, 0.29) is 11.7 Å². The molecule has 2 heteroatoms. The first-order valence-corrected chi connectivity index (χ1v) is 4.75. The van der Waals surface area contributed by atoms with Crippen molar-refractivity contribution in [2.45, 2.75) is 6.85 Å². The van der Waals surface area contributed by atoms with E-state index >= 15 is 0 Å². The van der Waals surface area contributed by atoms with Gasteiger partial charge in [0.2, 0.25) is 0 Å². The van der Waals surface area contributed by atoms with E-state index in [1.807, 2.05) is 0 Å². The van der Waals surface area contributed by atoms with E-state index in [1.54, 1.807) is 24.3 Å². The number of hydrogen-bond acceptors (Lipinski definition) is 1. The molecule has 70 valence electrons. The number of halogens is 1. The summed E-state index contributed by atoms with van der Waals surface area (Å²) >= 11 is 3.29. The normalized spacial score (nSPS) is 17.2. The lowest BCUT2D eigenvalue weighted by Crippen LogP contribution is -1.83. The van der Waals surface area contributed by atoms with Crippen LogP contribution in [0.1, 0.15) is 13.8 Å². The molecule has 0 spiro atoms. The topological polar surface area (TPSA) is 12.9 Å². The lowest BCUT2D eigenvalue weighted by molar-refractivity contribution is 1.27. The maximum atomic E-state index is 7.92. The summed E-state index contributed by atoms with van der Waals surface area (Å²) in [4.78, 5) is 3.89. The number of rotatable bonds is 1. The Morgan fingerprint density at radius 1 is 1.43 bits per heavy atom. The molecule has 1 aromatic heterocycles. The molecular formula is C12H10BrN. The lowest BCUT2D eigenvalue weighted by atomic mass is 10.1. The Morgan fingerprint density at radius 3 is 3.14 bits per heavy atom. The van der Waals surface area contributed by atoms with Crippen molar-refractivity contribution in [1.82, 2.24) is 4.98 Å². The second-order valence-corrected chi connectivity index (χ2v) is 3.62. The van der Waals surface area contributed by atoms with E-state index in [2.05, 4.69) is 20.9 Å². The highest BCUT2D eigenvalue weighted by Crippen LogP contribution is 2.20. The second kappa shape index (κ2) is 3.93. The first kappa shape index (κ1) is 4.58. The third-order valence-corrected chi connectivity index (χ3v) is 2.18. The van der Waals surface area contributed by atoms with Crippen LogP contribution in [-0.2, 0) is 0 Å². The van der Waals surface area contributed by atoms with Crippen LogP contribution in [0.15, 0.2) is 47.0 Å². The molecule has 0 aliphatic heterocycles. The third-order valence-electron chi connectivity index (χ3n) is 1.68. The van der Waals surface area contributed by atoms with Gasteiger partial charge in [0, 0.05) is 20.3 Å². The number of pyridine rings is 1. The largest absolute Gasteiger partial charge is 0.256 e. The maximum Gasteiger partial charge on any atom is 0.0843 e. The van der Waals surface area contributed by atoms with Crippen LogP contribution >= 0.6 is 15.9 Å². The van der Waals surface area contributed by atoms with Gasteiger partial charge >= 0.3 is 0 Å². The van der Waals surface area contributed by atoms with Crippen LogP contribution in [0.2, 0.25) is 0 Å². The van der Waals surface area contributed by atoms with Crippen molar-refractivity contribution in [3.63, 3.8) is 0 Å². The van der Waals surface area contributed by atoms with Gasteiger partial charge in [0.05, 0.1) is 9.81 Å². The van der Waals surface area contributed by atoms with Gasteiger partial charge in [0.15, 0.2) is 0 Å². The molecule has 2 rings (SSSR count). The van der Waals surface area contributed by atoms with E-state index < -0.39 is 24.6 Å². The fourth-order valence-electron chi connectivity index (χ4n) is 1.06. The highest BCUT2D eigenvalue weighted by molar-refractivity contribution is 9.10. The zero-order valence-electron chi connectivity index (χ0n) is 13.1. The molecule has 0 aliphatic rings. The molecule has 1 heterocycles. The maximum absolute atomic E-state index is 7.92. The molecule has 1 nitrogen and oxygen atoms in total. The van der Waals surface area contributed by atoms with Gasteiger partial charge in [-0.3, -0.25) is 4.98 Å². The number of aromatic nitrogens is 1. The quantitative estimate of drug-likeness (QED) is 0.753. The van der Waals surface area contributed by atoms with Gasteiger partial charge in [-0.1, -0.05) is 34.1 Å². The van der Waals surface area contributed by atoms with Gasteiger partial charge in [-0.25, -0.2) is 0 Å². The highest BCUT2D eigenvalue weighted by atomic mass is 79.9. The van der Waals surface area contributed by atoms with Gasteiger partial charge in [0.1, 0.15) is 0 Å². The Bertz CT molecular complexity index is 668. The van der Waals surface area contributed by atoms with Gasteiger partial charge in [-0.2, -0.15) is 0 Å². The number of benzene rings is 1. The summed E-state index contributed by atoms with van der Waals surface area (Å²) in [5.74, 6) is 0. The molecule has 2 aromatic rings. The Balaban J connectivity index is 2.70. The van der Waals surface area contributed by atoms with Gasteiger partial charge in [0.25, 0.3) is 0 Å². The SMILES string of the molecule is [2H]c1nc(-c2cccc(Br)c2)c([2H])c([2H])c1C([2H])([2H])[2H]. The molecule has 0 amide bonds. The molecule has 14 heavy (non-hydrogen) atoms. The predicted molar refractivity (Wildman–Crippen MR) is 62.1 cm³/mol. The standard InChI is InChI=1S/C12H10BrN/c1-9-5-6-12(14-8-9)10-3-2-4-11(13)7-10/h2-8H,1H3/i1D3,5D,6D,8D. The van der Waals surface area contributed by atoms with E-state index in [0.29, 0.717) is 5.56 Å². The van der Waals surface area contributed by atoms with Crippen LogP contribution in [0.25, 0.3) is 11.3 Å². The minimum atomic E-state index is -2.62. The lowest BCUT2D eigenvalue weighted by Gasteiger charge is -2.01. The summed E-state index contributed by atoms with van der Waals surface area (Å²) in [6.45, 7) is -2.62. The Hall–Kier alpha value is -1.15. The summed E-state index contributed by atoms with van der Waals surface area (Å²) in [6.07, 6.45) is -0.485. The predicted octanol–water partition coefficient (Wildman–Crippen LogP) is 3.82. The second-order valence-electron chi connectivity index (χ2n) is 2.71. The molecule has 0 atom stereocenters. The molecule has 0 saturated heterocycles. The average molecular weight is 254 g/mol. The van der Waals surface area contributed by atoms with E-state index in [9.17, 15) is 0 Å². The first-order chi connectivity index (χ1) is 9.21. The molecule has 0 N–H and O–H groups in total. The van der Waals surface area contributed by atoms with E-state index in [0.717, 1.165) is 4.47 Å². The molecule has 0 radical (unpaired) electrons. The number of nitrogens with zero attached hydrogens (tertiary/aromatic N) is 1. The molecule has 0 aliphatic carbocycles. The molecule has 0 saturated carbocycles. The molecule has 1 aromatic carbocycles. The fraction of sp³-hybridized carbons (Fsp3) is 0.0833. The third kappa shape index (κ3) is 2.02. The zero-order chi connectivity index (χ0) is 15.1. The fourth-order valence-corrected chi connectivity index (χ4v) is 1.46. The van der Waals surface area contributed by atoms with Crippen molar-refractivity contribution in [2.24, 2.45) is 0 Å². The van der Waals surface area contributed by atoms with E-state index in [4.69, 9.17) is 8.22 Å². The summed E-state index contributed by atoms with van der Waals surface area (Å²) in [5, 5.41) is 0. The van der Waals surface area contributed by atoms with Crippen molar-refractivity contribution in [3.05, 3.63) is 52.6 Å². The summed E-state index contributed by atoms with van der Waals surface area (Å²) < 4.78 is 46.2. The Kier molecular flexibility index (Phi) is 1.28. The minimum Gasteiger partial charge on any atom is -0.256 e. The smallest absolute Gasteiger partial charge is 0.0843 e. The Labute approximate surface area is 100 Å². The van der Waals surface area contributed by atoms with Crippen LogP contribution in [0, 0.1) is 6.85 Å². The molecular weight excluding hydrogens is 238 g/mol. The van der Waals surface area contributed by atoms with E-state index in [1.165, 1.54) is 0 Å². The van der Waals surface area contributed by atoms with Crippen molar-refractivity contribution in [2.75, 3.05) is 0 Å². The van der Waals surface area contributed by atoms with Crippen molar-refractivity contribution in [1.29, 1.82) is 0 Å². The monoisotopic (exact) mass is 253 g/mol. The summed E-state index contributed by atoms with van der Waals surface area (Å²) in [5.41, 5.74) is 0.207. The van der Waals surface area contributed by atoms with Crippen LogP contribution in [-0.4, -0.2) is 4.98 Å². The van der Waals surface area contributed by atoms with Gasteiger partial charge in [-0.05, 0) is 30.6 Å². The van der Waals surface area contributed by atoms with Crippen molar-refractivity contribution < 1.29 is 8.22 Å². The number of hydrogen-bond donors (Lipinski definition) is 0. The van der Waals surface area contributed by atoms with Crippen molar-refractivity contribution >= 4 is 15.9 Å². The van der Waals surface area contributed by atoms with Crippen LogP contribution in [0.5, 0.6) is 0 Å². The zero-order valence-corrected chi connectivity index (χ0v) is 8.72. The molecule has 0 bridgehead atoms. The van der Waals surface area contributed by atoms with Crippen molar-refractivity contribution in [3.8, 4) is 11.3 Å². The molecule has 0 fully saturated rings. The van der Waals surface area contributed by atoms with Gasteiger partial charge in [-0.15, -0.1) is 0 Å². The average Bonchev–Trinajstić information content (AvgIpc) is 2.32. The van der Waals surface area contributed by atoms with Gasteiger partial charge < -0.3 is 0 Å².